The molecule has 25 heavy (non-hydrogen) atoms. The molecule has 5 nitrogen and oxygen atoms in total. The molecular weight excluding hydrogens is 456 g/mol. The number of esters is 2. The first-order valence-electron chi connectivity index (χ1n) is 7.17. The summed E-state index contributed by atoms with van der Waals surface area (Å²) in [6.07, 6.45) is 0.00530. The Morgan fingerprint density at radius 1 is 1.20 bits per heavy atom. The summed E-state index contributed by atoms with van der Waals surface area (Å²) in [5, 5.41) is 0. The Labute approximate surface area is 162 Å². The number of ether oxygens (including phenoxy) is 3. The molecule has 0 amide bonds. The van der Waals surface area contributed by atoms with Crippen LogP contribution in [0, 0.1) is 7.43 Å². The summed E-state index contributed by atoms with van der Waals surface area (Å²) in [5.74, 6) is -0.221. The molecule has 1 aromatic carbocycles. The fourth-order valence-electron chi connectivity index (χ4n) is 1.75. The van der Waals surface area contributed by atoms with Crippen molar-refractivity contribution in [3.63, 3.8) is 0 Å². The van der Waals surface area contributed by atoms with Gasteiger partial charge in [-0.2, -0.15) is 0 Å². The predicted molar refractivity (Wildman–Crippen MR) is 96.5 cm³/mol. The Hall–Kier alpha value is -0.967. The first kappa shape index (κ1) is 24.0. The van der Waals surface area contributed by atoms with Crippen LogP contribution in [-0.2, 0) is 39.2 Å². The topological polar surface area (TPSA) is 61.8 Å². The van der Waals surface area contributed by atoms with Gasteiger partial charge in [-0.1, -0.05) is 0 Å². The largest absolute Gasteiger partial charge is 0.358 e. The molecule has 0 saturated heterocycles. The third-order valence-corrected chi connectivity index (χ3v) is 4.62. The van der Waals surface area contributed by atoms with E-state index in [1.165, 1.54) is 7.11 Å². The number of carbonyl (C=O) groups is 2. The second kappa shape index (κ2) is 12.4. The fraction of sp³-hybridized carbons (Fsp3) is 0.412. The quantitative estimate of drug-likeness (QED) is 0.321. The van der Waals surface area contributed by atoms with Crippen LogP contribution in [0.2, 0.25) is 0 Å². The summed E-state index contributed by atoms with van der Waals surface area (Å²) in [5.41, 5.74) is 1.57. The van der Waals surface area contributed by atoms with Gasteiger partial charge in [0.2, 0.25) is 0 Å². The molecule has 0 aliphatic carbocycles. The summed E-state index contributed by atoms with van der Waals surface area (Å²) in [6.45, 7) is 3.95. The minimum Gasteiger partial charge on any atom is -0.358 e. The zero-order chi connectivity index (χ0) is 18.1. The van der Waals surface area contributed by atoms with Crippen molar-refractivity contribution in [2.45, 2.75) is 39.4 Å². The van der Waals surface area contributed by atoms with E-state index in [9.17, 15) is 9.59 Å². The van der Waals surface area contributed by atoms with Crippen LogP contribution < -0.4 is 4.74 Å². The van der Waals surface area contributed by atoms with Crippen molar-refractivity contribution in [1.29, 1.82) is 0 Å². The fourth-order valence-corrected chi connectivity index (χ4v) is 3.54. The molecule has 0 saturated carbocycles. The molecule has 0 aliphatic heterocycles. The molecule has 0 heterocycles. The van der Waals surface area contributed by atoms with Crippen LogP contribution in [0.4, 0.5) is 0 Å². The number of rotatable bonds is 8. The van der Waals surface area contributed by atoms with Crippen molar-refractivity contribution in [2.75, 3.05) is 7.11 Å². The van der Waals surface area contributed by atoms with Gasteiger partial charge in [-0.15, -0.1) is 0 Å². The summed E-state index contributed by atoms with van der Waals surface area (Å²) in [6, 6.07) is 5.44. The molecule has 8 heteroatoms. The molecule has 0 radical (unpaired) electrons. The first-order valence-corrected chi connectivity index (χ1v) is 12.6. The predicted octanol–water partition coefficient (Wildman–Crippen LogP) is 4.00. The van der Waals surface area contributed by atoms with Crippen LogP contribution in [0.25, 0.3) is 0 Å². The monoisotopic (exact) mass is 479 g/mol. The standard InChI is InChI=1S/C16H20O5.CH3.2ClH.Ru/c1-11(2)21-14-6-5-13(9-12(14)3)10-20-16(18)8-7-15(17)19-4;;;;/h3,5-6,9,11H,7-8,10H2,1-2,4H3;1H3;2*1H;/q;-1;;;+2/p-2. The van der Waals surface area contributed by atoms with Gasteiger partial charge in [0.1, 0.15) is 0 Å². The van der Waals surface area contributed by atoms with Gasteiger partial charge in [-0.05, 0) is 0 Å². The van der Waals surface area contributed by atoms with Crippen molar-refractivity contribution in [2.24, 2.45) is 0 Å². The molecule has 0 atom stereocenters. The number of benzene rings is 1. The van der Waals surface area contributed by atoms with Gasteiger partial charge in [-0.25, -0.2) is 0 Å². The molecule has 1 aromatic rings. The number of halogens is 2. The van der Waals surface area contributed by atoms with E-state index < -0.39 is 25.5 Å². The average molecular weight is 479 g/mol. The van der Waals surface area contributed by atoms with E-state index in [0.29, 0.717) is 5.75 Å². The SMILES string of the molecule is COC(=O)CCC(=O)OCc1ccc(OC(C)C)c([CH]=[Ru]([Cl])[Cl])c1.[CH3-]. The molecule has 0 bridgehead atoms. The summed E-state index contributed by atoms with van der Waals surface area (Å²) < 4.78 is 17.1. The zero-order valence-corrected chi connectivity index (χ0v) is 17.9. The molecule has 0 aliphatic rings. The van der Waals surface area contributed by atoms with Gasteiger partial charge in [-0.3, -0.25) is 0 Å². The van der Waals surface area contributed by atoms with Crippen LogP contribution in [-0.4, -0.2) is 29.8 Å². The Morgan fingerprint density at radius 2 is 1.84 bits per heavy atom. The molecule has 0 fully saturated rings. The maximum atomic E-state index is 11.6. The van der Waals surface area contributed by atoms with Gasteiger partial charge < -0.3 is 7.43 Å². The van der Waals surface area contributed by atoms with Gasteiger partial charge in [0.25, 0.3) is 0 Å². The third kappa shape index (κ3) is 9.93. The van der Waals surface area contributed by atoms with Crippen molar-refractivity contribution < 1.29 is 37.3 Å². The molecule has 144 valence electrons. The van der Waals surface area contributed by atoms with E-state index in [2.05, 4.69) is 4.74 Å². The van der Waals surface area contributed by atoms with Crippen LogP contribution in [0.1, 0.15) is 37.8 Å². The van der Waals surface area contributed by atoms with Crippen molar-refractivity contribution in [1.82, 2.24) is 0 Å². The van der Waals surface area contributed by atoms with Crippen molar-refractivity contribution >= 4 is 35.9 Å². The van der Waals surface area contributed by atoms with E-state index in [4.69, 9.17) is 28.9 Å². The number of carbonyl (C=O) groups excluding carboxylic acids is 2. The van der Waals surface area contributed by atoms with E-state index >= 15 is 0 Å². The van der Waals surface area contributed by atoms with Crippen molar-refractivity contribution in [3.05, 3.63) is 36.8 Å². The minimum atomic E-state index is -2.02. The van der Waals surface area contributed by atoms with Crippen LogP contribution in [0.5, 0.6) is 5.75 Å². The van der Waals surface area contributed by atoms with E-state index in [1.54, 1.807) is 10.7 Å². The molecule has 1 rings (SSSR count). The Morgan fingerprint density at radius 3 is 2.40 bits per heavy atom. The van der Waals surface area contributed by atoms with E-state index in [-0.39, 0.29) is 33.0 Å². The molecule has 0 spiro atoms. The van der Waals surface area contributed by atoms with E-state index in [0.717, 1.165) is 11.1 Å². The van der Waals surface area contributed by atoms with Gasteiger partial charge in [0.15, 0.2) is 0 Å². The van der Waals surface area contributed by atoms with Gasteiger partial charge >= 0.3 is 155 Å². The van der Waals surface area contributed by atoms with Crippen LogP contribution >= 0.6 is 19.4 Å². The third-order valence-electron chi connectivity index (χ3n) is 2.78. The minimum absolute atomic E-state index is 0. The maximum absolute atomic E-state index is 11.6. The van der Waals surface area contributed by atoms with Gasteiger partial charge in [0, 0.05) is 0 Å². The Balaban J connectivity index is 0.00000576. The maximum Gasteiger partial charge on any atom is -0.358 e. The second-order valence-corrected chi connectivity index (χ2v) is 10.8. The number of hydrogen-bond donors (Lipinski definition) is 0. The average Bonchev–Trinajstić information content (AvgIpc) is 2.51. The van der Waals surface area contributed by atoms with Crippen molar-refractivity contribution in [3.8, 4) is 5.75 Å². The summed E-state index contributed by atoms with van der Waals surface area (Å²) in [4.78, 5) is 22.6. The first-order chi connectivity index (χ1) is 11.3. The number of hydrogen-bond acceptors (Lipinski definition) is 5. The molecule has 0 aromatic heterocycles. The molecule has 0 unspecified atom stereocenters. The Bertz CT molecular complexity index is 613. The van der Waals surface area contributed by atoms with E-state index in [1.807, 2.05) is 26.0 Å². The summed E-state index contributed by atoms with van der Waals surface area (Å²) in [7, 11) is 13.2. The molecular formula is C17H23Cl2O5Ru-. The van der Waals surface area contributed by atoms with Crippen LogP contribution in [0.3, 0.4) is 0 Å². The second-order valence-electron chi connectivity index (χ2n) is 5.08. The number of methoxy groups -OCH3 is 1. The van der Waals surface area contributed by atoms with Crippen LogP contribution in [0.15, 0.2) is 18.2 Å². The zero-order valence-electron chi connectivity index (χ0n) is 14.7. The normalized spacial score (nSPS) is 10.6. The summed E-state index contributed by atoms with van der Waals surface area (Å²) >= 11 is -2.02. The smallest absolute Gasteiger partial charge is 0.358 e. The van der Waals surface area contributed by atoms with Gasteiger partial charge in [0.05, 0.1) is 0 Å². The molecule has 0 N–H and O–H groups in total. The Kier molecular flexibility index (Phi) is 11.9.